The molecule has 0 aliphatic heterocycles. The van der Waals surface area contributed by atoms with Crippen LogP contribution < -0.4 is 10.2 Å². The lowest BCUT2D eigenvalue weighted by Gasteiger charge is -2.17. The second-order valence-corrected chi connectivity index (χ2v) is 4.41. The summed E-state index contributed by atoms with van der Waals surface area (Å²) in [5.74, 6) is 0.885. The van der Waals surface area contributed by atoms with Crippen LogP contribution in [0, 0.1) is 0 Å². The van der Waals surface area contributed by atoms with Gasteiger partial charge in [0.2, 0.25) is 0 Å². The van der Waals surface area contributed by atoms with Crippen molar-refractivity contribution < 1.29 is 0 Å². The quantitative estimate of drug-likeness (QED) is 0.844. The summed E-state index contributed by atoms with van der Waals surface area (Å²) < 4.78 is 0. The average Bonchev–Trinajstić information content (AvgIpc) is 2.47. The smallest absolute Gasteiger partial charge is 0.150 e. The highest BCUT2D eigenvalue weighted by atomic mass is 15.2. The van der Waals surface area contributed by atoms with Gasteiger partial charge in [0.1, 0.15) is 0 Å². The molecular weight excluding hydrogens is 238 g/mol. The third-order valence-corrected chi connectivity index (χ3v) is 2.88. The number of pyridine rings is 1. The van der Waals surface area contributed by atoms with Crippen molar-refractivity contribution in [1.29, 1.82) is 0 Å². The van der Waals surface area contributed by atoms with E-state index in [0.29, 0.717) is 0 Å². The highest BCUT2D eigenvalue weighted by Crippen LogP contribution is 2.08. The number of anilines is 1. The molecule has 0 fully saturated rings. The number of rotatable bonds is 6. The summed E-state index contributed by atoms with van der Waals surface area (Å²) in [6.07, 6.45) is 2.72. The Bertz CT molecular complexity index is 483. The summed E-state index contributed by atoms with van der Waals surface area (Å²) in [4.78, 5) is 6.40. The molecule has 0 spiro atoms. The van der Waals surface area contributed by atoms with Crippen LogP contribution in [0.2, 0.25) is 0 Å². The minimum atomic E-state index is 0.741. The normalized spacial score (nSPS) is 10.4. The van der Waals surface area contributed by atoms with Crippen LogP contribution in [0.15, 0.2) is 36.5 Å². The van der Waals surface area contributed by atoms with Crippen LogP contribution in [-0.4, -0.2) is 35.8 Å². The number of hydrogen-bond donors (Lipinski definition) is 1. The minimum absolute atomic E-state index is 0.741. The van der Waals surface area contributed by atoms with Gasteiger partial charge in [0.15, 0.2) is 5.82 Å². The molecule has 0 saturated carbocycles. The van der Waals surface area contributed by atoms with Crippen LogP contribution in [-0.2, 0) is 13.0 Å². The van der Waals surface area contributed by atoms with Gasteiger partial charge < -0.3 is 10.2 Å². The van der Waals surface area contributed by atoms with E-state index in [1.807, 2.05) is 50.6 Å². The maximum atomic E-state index is 4.31. The molecule has 0 saturated heterocycles. The van der Waals surface area contributed by atoms with Crippen molar-refractivity contribution in [2.24, 2.45) is 0 Å². The van der Waals surface area contributed by atoms with Gasteiger partial charge in [-0.05, 0) is 31.3 Å². The Hall–Kier alpha value is -2.01. The summed E-state index contributed by atoms with van der Waals surface area (Å²) >= 11 is 0. The summed E-state index contributed by atoms with van der Waals surface area (Å²) in [6.45, 7) is 1.61. The van der Waals surface area contributed by atoms with Crippen molar-refractivity contribution in [2.45, 2.75) is 13.0 Å². The minimum Gasteiger partial charge on any atom is -0.358 e. The third kappa shape index (κ3) is 3.99. The molecule has 2 aromatic rings. The van der Waals surface area contributed by atoms with Crippen molar-refractivity contribution in [3.05, 3.63) is 47.9 Å². The predicted octanol–water partition coefficient (Wildman–Crippen LogP) is 1.27. The lowest BCUT2D eigenvalue weighted by atomic mass is 10.2. The van der Waals surface area contributed by atoms with E-state index in [9.17, 15) is 0 Å². The Kier molecular flexibility index (Phi) is 4.80. The van der Waals surface area contributed by atoms with Crippen molar-refractivity contribution in [3.8, 4) is 0 Å². The fourth-order valence-corrected chi connectivity index (χ4v) is 1.77. The number of hydrogen-bond acceptors (Lipinski definition) is 5. The Labute approximate surface area is 113 Å². The fourth-order valence-electron chi connectivity index (χ4n) is 1.77. The maximum Gasteiger partial charge on any atom is 0.150 e. The fraction of sp³-hybridized carbons (Fsp3) is 0.357. The van der Waals surface area contributed by atoms with Crippen molar-refractivity contribution in [1.82, 2.24) is 20.5 Å². The molecule has 0 unspecified atom stereocenters. The molecule has 0 radical (unpaired) electrons. The van der Waals surface area contributed by atoms with Crippen molar-refractivity contribution >= 4 is 5.82 Å². The van der Waals surface area contributed by atoms with E-state index in [1.54, 1.807) is 0 Å². The summed E-state index contributed by atoms with van der Waals surface area (Å²) in [5.41, 5.74) is 2.04. The van der Waals surface area contributed by atoms with Crippen LogP contribution in [0.1, 0.15) is 11.4 Å². The summed E-state index contributed by atoms with van der Waals surface area (Å²) in [7, 11) is 3.92. The van der Waals surface area contributed by atoms with E-state index in [2.05, 4.69) is 25.4 Å². The zero-order chi connectivity index (χ0) is 13.5. The number of likely N-dealkylation sites (N-methyl/N-ethyl adjacent to an activating group) is 1. The van der Waals surface area contributed by atoms with Gasteiger partial charge in [0, 0.05) is 38.4 Å². The molecule has 0 aliphatic rings. The largest absolute Gasteiger partial charge is 0.358 e. The third-order valence-electron chi connectivity index (χ3n) is 2.88. The highest BCUT2D eigenvalue weighted by Gasteiger charge is 2.04. The Morgan fingerprint density at radius 2 is 2.00 bits per heavy atom. The van der Waals surface area contributed by atoms with Crippen LogP contribution in [0.5, 0.6) is 0 Å². The average molecular weight is 257 g/mol. The highest BCUT2D eigenvalue weighted by molar-refractivity contribution is 5.36. The van der Waals surface area contributed by atoms with E-state index in [-0.39, 0.29) is 0 Å². The Morgan fingerprint density at radius 3 is 2.63 bits per heavy atom. The molecule has 19 heavy (non-hydrogen) atoms. The van der Waals surface area contributed by atoms with Crippen LogP contribution in [0.3, 0.4) is 0 Å². The van der Waals surface area contributed by atoms with Gasteiger partial charge in [-0.2, -0.15) is 5.10 Å². The van der Waals surface area contributed by atoms with E-state index in [4.69, 9.17) is 0 Å². The van der Waals surface area contributed by atoms with Crippen LogP contribution >= 0.6 is 0 Å². The zero-order valence-electron chi connectivity index (χ0n) is 11.4. The first-order valence-corrected chi connectivity index (χ1v) is 6.38. The molecule has 0 amide bonds. The molecular formula is C14H19N5. The maximum absolute atomic E-state index is 4.31. The molecule has 5 nitrogen and oxygen atoms in total. The van der Waals surface area contributed by atoms with Crippen LogP contribution in [0.25, 0.3) is 0 Å². The van der Waals surface area contributed by atoms with E-state index < -0.39 is 0 Å². The van der Waals surface area contributed by atoms with Gasteiger partial charge in [0.25, 0.3) is 0 Å². The molecule has 2 heterocycles. The van der Waals surface area contributed by atoms with Gasteiger partial charge >= 0.3 is 0 Å². The van der Waals surface area contributed by atoms with Crippen LogP contribution in [0.4, 0.5) is 5.82 Å². The lowest BCUT2D eigenvalue weighted by Crippen LogP contribution is -2.22. The van der Waals surface area contributed by atoms with Crippen molar-refractivity contribution in [3.63, 3.8) is 0 Å². The first-order valence-electron chi connectivity index (χ1n) is 6.38. The standard InChI is InChI=1S/C14H19N5/c1-15-11-13-6-7-14(18-17-13)19(2)10-8-12-5-3-4-9-16-12/h3-7,9,15H,8,10-11H2,1-2H3. The Balaban J connectivity index is 1.90. The molecule has 0 aromatic carbocycles. The molecule has 1 N–H and O–H groups in total. The summed E-state index contributed by atoms with van der Waals surface area (Å²) in [6, 6.07) is 9.97. The Morgan fingerprint density at radius 1 is 1.11 bits per heavy atom. The topological polar surface area (TPSA) is 53.9 Å². The number of nitrogens with zero attached hydrogens (tertiary/aromatic N) is 4. The molecule has 0 bridgehead atoms. The second kappa shape index (κ2) is 6.80. The van der Waals surface area contributed by atoms with Gasteiger partial charge in [-0.3, -0.25) is 4.98 Å². The predicted molar refractivity (Wildman–Crippen MR) is 76.0 cm³/mol. The van der Waals surface area contributed by atoms with Gasteiger partial charge in [-0.1, -0.05) is 6.07 Å². The first kappa shape index (κ1) is 13.4. The molecule has 0 atom stereocenters. The van der Waals surface area contributed by atoms with E-state index in [0.717, 1.165) is 36.7 Å². The lowest BCUT2D eigenvalue weighted by molar-refractivity contribution is 0.756. The van der Waals surface area contributed by atoms with Gasteiger partial charge in [0.05, 0.1) is 5.69 Å². The SMILES string of the molecule is CNCc1ccc(N(C)CCc2ccccn2)nn1. The number of aromatic nitrogens is 3. The molecule has 0 aliphatic carbocycles. The monoisotopic (exact) mass is 257 g/mol. The van der Waals surface area contributed by atoms with Crippen molar-refractivity contribution in [2.75, 3.05) is 25.5 Å². The molecule has 2 aromatic heterocycles. The molecule has 2 rings (SSSR count). The van der Waals surface area contributed by atoms with Gasteiger partial charge in [-0.15, -0.1) is 5.10 Å². The van der Waals surface area contributed by atoms with E-state index in [1.165, 1.54) is 0 Å². The van der Waals surface area contributed by atoms with E-state index >= 15 is 0 Å². The molecule has 100 valence electrons. The zero-order valence-corrected chi connectivity index (χ0v) is 11.4. The molecule has 5 heteroatoms. The first-order chi connectivity index (χ1) is 9.29. The summed E-state index contributed by atoms with van der Waals surface area (Å²) in [5, 5.41) is 11.5. The number of nitrogens with one attached hydrogen (secondary N) is 1. The second-order valence-electron chi connectivity index (χ2n) is 4.41. The van der Waals surface area contributed by atoms with Gasteiger partial charge in [-0.25, -0.2) is 0 Å².